The van der Waals surface area contributed by atoms with Crippen molar-refractivity contribution in [2.75, 3.05) is 7.11 Å². The molecular formula is C26H26BrN3OS. The van der Waals surface area contributed by atoms with Gasteiger partial charge < -0.3 is 4.74 Å². The highest BCUT2D eigenvalue weighted by molar-refractivity contribution is 9.10. The summed E-state index contributed by atoms with van der Waals surface area (Å²) in [6, 6.07) is 25.0. The molecule has 0 saturated carbocycles. The smallest absolute Gasteiger partial charge is 0.196 e. The zero-order valence-electron chi connectivity index (χ0n) is 18.7. The van der Waals surface area contributed by atoms with Crippen molar-refractivity contribution in [2.45, 2.75) is 37.1 Å². The third kappa shape index (κ3) is 5.08. The van der Waals surface area contributed by atoms with Crippen molar-refractivity contribution in [3.63, 3.8) is 0 Å². The summed E-state index contributed by atoms with van der Waals surface area (Å²) < 4.78 is 8.54. The van der Waals surface area contributed by atoms with E-state index in [-0.39, 0.29) is 5.41 Å². The van der Waals surface area contributed by atoms with Crippen molar-refractivity contribution in [3.8, 4) is 22.8 Å². The minimum atomic E-state index is 0.105. The van der Waals surface area contributed by atoms with Gasteiger partial charge in [0.25, 0.3) is 0 Å². The first kappa shape index (κ1) is 22.6. The van der Waals surface area contributed by atoms with Crippen LogP contribution in [0, 0.1) is 0 Å². The summed E-state index contributed by atoms with van der Waals surface area (Å²) in [6.07, 6.45) is 0. The molecule has 0 radical (unpaired) electrons. The molecule has 0 atom stereocenters. The molecule has 6 heteroatoms. The number of methoxy groups -OCH3 is 1. The van der Waals surface area contributed by atoms with Gasteiger partial charge in [0.1, 0.15) is 5.75 Å². The maximum absolute atomic E-state index is 5.34. The third-order valence-electron chi connectivity index (χ3n) is 5.25. The first-order valence-corrected chi connectivity index (χ1v) is 12.2. The average molecular weight is 508 g/mol. The number of halogens is 1. The van der Waals surface area contributed by atoms with E-state index in [9.17, 15) is 0 Å². The van der Waals surface area contributed by atoms with Crippen LogP contribution in [-0.2, 0) is 11.2 Å². The number of rotatable bonds is 6. The van der Waals surface area contributed by atoms with E-state index in [0.29, 0.717) is 0 Å². The molecule has 1 heterocycles. The van der Waals surface area contributed by atoms with Gasteiger partial charge in [-0.3, -0.25) is 4.57 Å². The summed E-state index contributed by atoms with van der Waals surface area (Å²) in [5.74, 6) is 2.46. The molecular weight excluding hydrogens is 482 g/mol. The van der Waals surface area contributed by atoms with Crippen LogP contribution in [0.4, 0.5) is 0 Å². The molecule has 0 aliphatic heterocycles. The number of thioether (sulfide) groups is 1. The van der Waals surface area contributed by atoms with E-state index >= 15 is 0 Å². The number of hydrogen-bond acceptors (Lipinski definition) is 4. The predicted octanol–water partition coefficient (Wildman–Crippen LogP) is 7.30. The number of benzene rings is 3. The van der Waals surface area contributed by atoms with Crippen molar-refractivity contribution in [3.05, 3.63) is 88.4 Å². The summed E-state index contributed by atoms with van der Waals surface area (Å²) in [4.78, 5) is 0. The minimum Gasteiger partial charge on any atom is -0.497 e. The second kappa shape index (κ2) is 9.51. The molecule has 32 heavy (non-hydrogen) atoms. The van der Waals surface area contributed by atoms with Crippen LogP contribution in [0.5, 0.6) is 5.75 Å². The quantitative estimate of drug-likeness (QED) is 0.256. The van der Waals surface area contributed by atoms with E-state index in [1.807, 2.05) is 24.3 Å². The zero-order chi connectivity index (χ0) is 22.7. The molecule has 4 rings (SSSR count). The van der Waals surface area contributed by atoms with Crippen molar-refractivity contribution < 1.29 is 4.74 Å². The monoisotopic (exact) mass is 507 g/mol. The molecule has 0 amide bonds. The molecule has 3 aromatic carbocycles. The van der Waals surface area contributed by atoms with Crippen molar-refractivity contribution in [1.82, 2.24) is 14.8 Å². The van der Waals surface area contributed by atoms with Gasteiger partial charge in [0.15, 0.2) is 11.0 Å². The highest BCUT2D eigenvalue weighted by Gasteiger charge is 2.18. The molecule has 4 nitrogen and oxygen atoms in total. The fourth-order valence-corrected chi connectivity index (χ4v) is 4.53. The molecule has 164 valence electrons. The summed E-state index contributed by atoms with van der Waals surface area (Å²) >= 11 is 5.17. The highest BCUT2D eigenvalue weighted by atomic mass is 79.9. The molecule has 0 fully saturated rings. The van der Waals surface area contributed by atoms with Crippen LogP contribution < -0.4 is 4.74 Å². The second-order valence-corrected chi connectivity index (χ2v) is 10.4. The van der Waals surface area contributed by atoms with Gasteiger partial charge in [0.05, 0.1) is 7.11 Å². The average Bonchev–Trinajstić information content (AvgIpc) is 3.22. The lowest BCUT2D eigenvalue weighted by molar-refractivity contribution is 0.414. The maximum atomic E-state index is 5.34. The number of aromatic nitrogens is 3. The maximum Gasteiger partial charge on any atom is 0.196 e. The predicted molar refractivity (Wildman–Crippen MR) is 136 cm³/mol. The molecule has 0 N–H and O–H groups in total. The van der Waals surface area contributed by atoms with Crippen molar-refractivity contribution in [2.24, 2.45) is 0 Å². The fraction of sp³-hybridized carbons (Fsp3) is 0.231. The Morgan fingerprint density at radius 1 is 0.875 bits per heavy atom. The number of ether oxygens (including phenoxy) is 1. The van der Waals surface area contributed by atoms with E-state index < -0.39 is 0 Å². The fourth-order valence-electron chi connectivity index (χ4n) is 3.36. The van der Waals surface area contributed by atoms with Crippen LogP contribution in [0.15, 0.2) is 82.4 Å². The molecule has 0 unspecified atom stereocenters. The van der Waals surface area contributed by atoms with Crippen LogP contribution in [0.3, 0.4) is 0 Å². The van der Waals surface area contributed by atoms with Crippen LogP contribution in [0.2, 0.25) is 0 Å². The zero-order valence-corrected chi connectivity index (χ0v) is 21.1. The van der Waals surface area contributed by atoms with Gasteiger partial charge in [0, 0.05) is 21.5 Å². The topological polar surface area (TPSA) is 39.9 Å². The first-order chi connectivity index (χ1) is 15.3. The first-order valence-electron chi connectivity index (χ1n) is 10.4. The van der Waals surface area contributed by atoms with Gasteiger partial charge in [-0.1, -0.05) is 84.9 Å². The normalized spacial score (nSPS) is 11.5. The van der Waals surface area contributed by atoms with Gasteiger partial charge in [-0.05, 0) is 52.9 Å². The Kier molecular flexibility index (Phi) is 6.72. The Balaban J connectivity index is 1.71. The number of nitrogens with zero attached hydrogens (tertiary/aromatic N) is 3. The Morgan fingerprint density at radius 2 is 1.53 bits per heavy atom. The van der Waals surface area contributed by atoms with E-state index in [4.69, 9.17) is 4.74 Å². The van der Waals surface area contributed by atoms with Gasteiger partial charge in [-0.25, -0.2) is 0 Å². The Morgan fingerprint density at radius 3 is 2.12 bits per heavy atom. The Hall–Kier alpha value is -2.57. The van der Waals surface area contributed by atoms with Crippen LogP contribution >= 0.6 is 27.7 Å². The summed E-state index contributed by atoms with van der Waals surface area (Å²) in [7, 11) is 1.68. The van der Waals surface area contributed by atoms with Gasteiger partial charge >= 0.3 is 0 Å². The summed E-state index contributed by atoms with van der Waals surface area (Å²) in [6.45, 7) is 6.66. The van der Waals surface area contributed by atoms with E-state index in [1.54, 1.807) is 18.9 Å². The summed E-state index contributed by atoms with van der Waals surface area (Å²) in [5.41, 5.74) is 4.68. The van der Waals surface area contributed by atoms with E-state index in [2.05, 4.69) is 100.0 Å². The number of hydrogen-bond donors (Lipinski definition) is 0. The van der Waals surface area contributed by atoms with Crippen LogP contribution in [-0.4, -0.2) is 21.9 Å². The summed E-state index contributed by atoms with van der Waals surface area (Å²) in [5, 5.41) is 9.98. The Labute approximate surface area is 202 Å². The van der Waals surface area contributed by atoms with Crippen LogP contribution in [0.1, 0.15) is 31.9 Å². The molecule has 0 saturated heterocycles. The van der Waals surface area contributed by atoms with Crippen molar-refractivity contribution in [1.29, 1.82) is 0 Å². The molecule has 0 aliphatic carbocycles. The molecule has 1 aromatic heterocycles. The SMILES string of the molecule is COc1ccc(-n2c(SCc3ccc(Br)cc3)nnc2-c2ccc(C(C)(C)C)cc2)cc1. The lowest BCUT2D eigenvalue weighted by Crippen LogP contribution is -2.10. The lowest BCUT2D eigenvalue weighted by atomic mass is 9.87. The van der Waals surface area contributed by atoms with Crippen LogP contribution in [0.25, 0.3) is 17.1 Å². The van der Waals surface area contributed by atoms with E-state index in [1.165, 1.54) is 11.1 Å². The lowest BCUT2D eigenvalue weighted by Gasteiger charge is -2.19. The molecule has 4 aromatic rings. The third-order valence-corrected chi connectivity index (χ3v) is 6.78. The van der Waals surface area contributed by atoms with Crippen molar-refractivity contribution >= 4 is 27.7 Å². The van der Waals surface area contributed by atoms with Gasteiger partial charge in [-0.15, -0.1) is 10.2 Å². The minimum absolute atomic E-state index is 0.105. The van der Waals surface area contributed by atoms with Gasteiger partial charge in [0.2, 0.25) is 0 Å². The largest absolute Gasteiger partial charge is 0.497 e. The Bertz CT molecular complexity index is 1180. The second-order valence-electron chi connectivity index (χ2n) is 8.58. The molecule has 0 spiro atoms. The highest BCUT2D eigenvalue weighted by Crippen LogP contribution is 2.32. The standard InChI is InChI=1S/C26H26BrN3OS/c1-26(2,3)20-9-7-19(8-10-20)24-28-29-25(32-17-18-5-11-21(27)12-6-18)30(24)22-13-15-23(31-4)16-14-22/h5-16H,17H2,1-4H3. The van der Waals surface area contributed by atoms with Gasteiger partial charge in [-0.2, -0.15) is 0 Å². The molecule has 0 aliphatic rings. The van der Waals surface area contributed by atoms with E-state index in [0.717, 1.165) is 38.2 Å². The molecule has 0 bridgehead atoms.